The summed E-state index contributed by atoms with van der Waals surface area (Å²) in [5, 5.41) is 5.85. The Morgan fingerprint density at radius 2 is 1.80 bits per heavy atom. The van der Waals surface area contributed by atoms with Gasteiger partial charge in [-0.2, -0.15) is 0 Å². The van der Waals surface area contributed by atoms with Crippen LogP contribution < -0.4 is 14.9 Å². The van der Waals surface area contributed by atoms with E-state index in [1.165, 1.54) is 6.07 Å². The molecule has 2 aromatic rings. The summed E-state index contributed by atoms with van der Waals surface area (Å²) in [7, 11) is -3.79. The van der Waals surface area contributed by atoms with Crippen molar-refractivity contribution in [1.82, 2.24) is 5.32 Å². The van der Waals surface area contributed by atoms with Gasteiger partial charge in [-0.25, -0.2) is 8.42 Å². The fraction of sp³-hybridized carbons (Fsp3) is 0.333. The first-order chi connectivity index (χ1) is 14.2. The second-order valence-electron chi connectivity index (χ2n) is 6.75. The number of para-hydroxylation sites is 1. The maximum atomic E-state index is 13.1. The van der Waals surface area contributed by atoms with E-state index in [0.29, 0.717) is 28.5 Å². The largest absolute Gasteiger partial charge is 0.352 e. The number of amides is 2. The molecule has 2 aromatic carbocycles. The van der Waals surface area contributed by atoms with Crippen LogP contribution in [-0.2, 0) is 14.8 Å². The molecule has 0 spiro atoms. The highest BCUT2D eigenvalue weighted by atomic mass is 35.5. The molecule has 0 saturated heterocycles. The van der Waals surface area contributed by atoms with Crippen LogP contribution in [0, 0.1) is 0 Å². The fourth-order valence-electron chi connectivity index (χ4n) is 3.01. The highest BCUT2D eigenvalue weighted by Gasteiger charge is 2.32. The van der Waals surface area contributed by atoms with Crippen LogP contribution in [-0.4, -0.2) is 39.1 Å². The molecule has 0 aromatic heterocycles. The van der Waals surface area contributed by atoms with Crippen LogP contribution >= 0.6 is 11.6 Å². The molecule has 0 saturated carbocycles. The molecular formula is C21H26ClN3O4S. The van der Waals surface area contributed by atoms with Gasteiger partial charge in [-0.15, -0.1) is 0 Å². The Bertz CT molecular complexity index is 1010. The van der Waals surface area contributed by atoms with Crippen molar-refractivity contribution in [2.45, 2.75) is 32.7 Å². The van der Waals surface area contributed by atoms with Crippen LogP contribution in [0.4, 0.5) is 11.4 Å². The van der Waals surface area contributed by atoms with Gasteiger partial charge < -0.3 is 10.6 Å². The standard InChI is InChI=1S/C21H26ClN3O4S/c1-4-13-23-20(26)17-11-6-7-12-18(17)24-21(27)19(5-2)25(30(3,28)29)16-10-8-9-15(22)14-16/h6-12,14,19H,4-5,13H2,1-3H3,(H,23,26)(H,24,27)/t19-/m0/s1. The quantitative estimate of drug-likeness (QED) is 0.608. The maximum Gasteiger partial charge on any atom is 0.253 e. The van der Waals surface area contributed by atoms with E-state index in [4.69, 9.17) is 11.6 Å². The van der Waals surface area contributed by atoms with Crippen LogP contribution in [0.15, 0.2) is 48.5 Å². The highest BCUT2D eigenvalue weighted by molar-refractivity contribution is 7.92. The molecule has 0 aliphatic rings. The van der Waals surface area contributed by atoms with Gasteiger partial charge in [0.05, 0.1) is 23.2 Å². The average Bonchev–Trinajstić information content (AvgIpc) is 2.69. The minimum atomic E-state index is -3.79. The molecule has 2 N–H and O–H groups in total. The van der Waals surface area contributed by atoms with Gasteiger partial charge >= 0.3 is 0 Å². The van der Waals surface area contributed by atoms with Gasteiger partial charge in [0.15, 0.2) is 0 Å². The smallest absolute Gasteiger partial charge is 0.253 e. The summed E-state index contributed by atoms with van der Waals surface area (Å²) in [6, 6.07) is 11.9. The van der Waals surface area contributed by atoms with Crippen molar-refractivity contribution < 1.29 is 18.0 Å². The first-order valence-corrected chi connectivity index (χ1v) is 11.8. The monoisotopic (exact) mass is 451 g/mol. The molecule has 30 heavy (non-hydrogen) atoms. The Morgan fingerprint density at radius 3 is 2.40 bits per heavy atom. The number of anilines is 2. The lowest BCUT2D eigenvalue weighted by Gasteiger charge is -2.30. The summed E-state index contributed by atoms with van der Waals surface area (Å²) in [5.41, 5.74) is 0.915. The molecule has 0 aliphatic carbocycles. The van der Waals surface area contributed by atoms with E-state index in [-0.39, 0.29) is 12.3 Å². The van der Waals surface area contributed by atoms with Crippen molar-refractivity contribution in [3.8, 4) is 0 Å². The van der Waals surface area contributed by atoms with Crippen LogP contribution in [0.1, 0.15) is 37.0 Å². The zero-order valence-electron chi connectivity index (χ0n) is 17.2. The summed E-state index contributed by atoms with van der Waals surface area (Å²) in [5.74, 6) is -0.853. The van der Waals surface area contributed by atoms with Crippen LogP contribution in [0.3, 0.4) is 0 Å². The Kier molecular flexibility index (Phi) is 8.25. The first-order valence-electron chi connectivity index (χ1n) is 9.62. The second kappa shape index (κ2) is 10.4. The summed E-state index contributed by atoms with van der Waals surface area (Å²) in [4.78, 5) is 25.5. The van der Waals surface area contributed by atoms with Gasteiger partial charge in [0.1, 0.15) is 6.04 Å². The minimum absolute atomic E-state index is 0.218. The average molecular weight is 452 g/mol. The molecule has 162 valence electrons. The number of nitrogens with zero attached hydrogens (tertiary/aromatic N) is 1. The third kappa shape index (κ3) is 5.96. The molecule has 0 fully saturated rings. The Morgan fingerprint density at radius 1 is 1.10 bits per heavy atom. The number of hydrogen-bond acceptors (Lipinski definition) is 4. The van der Waals surface area contributed by atoms with Gasteiger partial charge in [0, 0.05) is 11.6 Å². The second-order valence-corrected chi connectivity index (χ2v) is 9.05. The van der Waals surface area contributed by atoms with E-state index >= 15 is 0 Å². The van der Waals surface area contributed by atoms with E-state index in [1.807, 2.05) is 6.92 Å². The SMILES string of the molecule is CCCNC(=O)c1ccccc1NC(=O)[C@H](CC)N(c1cccc(Cl)c1)S(C)(=O)=O. The Labute approximate surface area is 182 Å². The van der Waals surface area contributed by atoms with Crippen molar-refractivity contribution in [2.75, 3.05) is 22.4 Å². The van der Waals surface area contributed by atoms with E-state index in [1.54, 1.807) is 49.4 Å². The number of carbonyl (C=O) groups excluding carboxylic acids is 2. The lowest BCUT2D eigenvalue weighted by atomic mass is 10.1. The van der Waals surface area contributed by atoms with Crippen molar-refractivity contribution in [1.29, 1.82) is 0 Å². The topological polar surface area (TPSA) is 95.6 Å². The van der Waals surface area contributed by atoms with Crippen LogP contribution in [0.5, 0.6) is 0 Å². The molecule has 7 nitrogen and oxygen atoms in total. The molecule has 0 aliphatic heterocycles. The number of sulfonamides is 1. The number of benzene rings is 2. The number of rotatable bonds is 9. The first kappa shape index (κ1) is 23.7. The lowest BCUT2D eigenvalue weighted by molar-refractivity contribution is -0.117. The van der Waals surface area contributed by atoms with Gasteiger partial charge in [0.25, 0.3) is 5.91 Å². The highest BCUT2D eigenvalue weighted by Crippen LogP contribution is 2.26. The van der Waals surface area contributed by atoms with Crippen molar-refractivity contribution in [2.24, 2.45) is 0 Å². The van der Waals surface area contributed by atoms with Crippen molar-refractivity contribution >= 4 is 44.8 Å². The fourth-order valence-corrected chi connectivity index (χ4v) is 4.40. The van der Waals surface area contributed by atoms with Crippen LogP contribution in [0.25, 0.3) is 0 Å². The Balaban J connectivity index is 2.37. The molecule has 2 rings (SSSR count). The van der Waals surface area contributed by atoms with Gasteiger partial charge in [-0.1, -0.05) is 43.6 Å². The summed E-state index contributed by atoms with van der Waals surface area (Å²) < 4.78 is 26.1. The molecular weight excluding hydrogens is 426 g/mol. The third-order valence-corrected chi connectivity index (χ3v) is 5.77. The predicted octanol–water partition coefficient (Wildman–Crippen LogP) is 3.66. The maximum absolute atomic E-state index is 13.1. The summed E-state index contributed by atoms with van der Waals surface area (Å²) >= 11 is 6.03. The van der Waals surface area contributed by atoms with Crippen LogP contribution in [0.2, 0.25) is 5.02 Å². The summed E-state index contributed by atoms with van der Waals surface area (Å²) in [6.07, 6.45) is 2.03. The van der Waals surface area contributed by atoms with Gasteiger partial charge in [-0.05, 0) is 43.2 Å². The zero-order chi connectivity index (χ0) is 22.3. The molecule has 9 heteroatoms. The van der Waals surface area contributed by atoms with E-state index < -0.39 is 22.0 Å². The summed E-state index contributed by atoms with van der Waals surface area (Å²) in [6.45, 7) is 4.16. The molecule has 0 bridgehead atoms. The van der Waals surface area contributed by atoms with Crippen molar-refractivity contribution in [3.05, 3.63) is 59.1 Å². The van der Waals surface area contributed by atoms with Gasteiger partial charge in [0.2, 0.25) is 15.9 Å². The predicted molar refractivity (Wildman–Crippen MR) is 121 cm³/mol. The minimum Gasteiger partial charge on any atom is -0.352 e. The number of hydrogen-bond donors (Lipinski definition) is 2. The van der Waals surface area contributed by atoms with E-state index in [2.05, 4.69) is 10.6 Å². The molecule has 0 radical (unpaired) electrons. The lowest BCUT2D eigenvalue weighted by Crippen LogP contribution is -2.47. The Hall–Kier alpha value is -2.58. The zero-order valence-corrected chi connectivity index (χ0v) is 18.8. The number of carbonyl (C=O) groups is 2. The molecule has 0 unspecified atom stereocenters. The van der Waals surface area contributed by atoms with E-state index in [9.17, 15) is 18.0 Å². The number of nitrogens with one attached hydrogen (secondary N) is 2. The molecule has 0 heterocycles. The van der Waals surface area contributed by atoms with E-state index in [0.717, 1.165) is 17.0 Å². The third-order valence-electron chi connectivity index (χ3n) is 4.36. The van der Waals surface area contributed by atoms with Gasteiger partial charge in [-0.3, -0.25) is 13.9 Å². The number of halogens is 1. The van der Waals surface area contributed by atoms with Crippen molar-refractivity contribution in [3.63, 3.8) is 0 Å². The molecule has 1 atom stereocenters. The molecule has 2 amide bonds. The normalized spacial score (nSPS) is 12.1.